The SMILES string of the molecule is CN(C)c1ccc(Nc2nccc(-c3cnc4ccc(C5=CCNCC5)cn34)n2)cn1. The first kappa shape index (κ1) is 19.2. The molecule has 5 rings (SSSR count). The van der Waals surface area contributed by atoms with Crippen molar-refractivity contribution in [1.82, 2.24) is 29.7 Å². The lowest BCUT2D eigenvalue weighted by Crippen LogP contribution is -2.20. The van der Waals surface area contributed by atoms with Gasteiger partial charge in [-0.2, -0.15) is 0 Å². The molecule has 0 aromatic carbocycles. The molecule has 4 aromatic heterocycles. The Morgan fingerprint density at radius 2 is 1.97 bits per heavy atom. The largest absolute Gasteiger partial charge is 0.363 e. The lowest BCUT2D eigenvalue weighted by molar-refractivity contribution is 0.738. The number of imidazole rings is 1. The number of nitrogens with zero attached hydrogens (tertiary/aromatic N) is 6. The fourth-order valence-corrected chi connectivity index (χ4v) is 3.66. The van der Waals surface area contributed by atoms with Gasteiger partial charge in [0, 0.05) is 33.0 Å². The van der Waals surface area contributed by atoms with E-state index in [1.807, 2.05) is 43.4 Å². The normalized spacial score (nSPS) is 13.8. The van der Waals surface area contributed by atoms with Gasteiger partial charge in [-0.25, -0.2) is 19.9 Å². The Hall–Kier alpha value is -3.78. The van der Waals surface area contributed by atoms with E-state index in [0.29, 0.717) is 5.95 Å². The van der Waals surface area contributed by atoms with Gasteiger partial charge in [-0.15, -0.1) is 0 Å². The molecule has 0 saturated heterocycles. The molecular formula is C23H24N8. The summed E-state index contributed by atoms with van der Waals surface area (Å²) < 4.78 is 2.09. The fraction of sp³-hybridized carbons (Fsp3) is 0.217. The third-order valence-electron chi connectivity index (χ3n) is 5.32. The monoisotopic (exact) mass is 412 g/mol. The molecule has 8 nitrogen and oxygen atoms in total. The van der Waals surface area contributed by atoms with Crippen LogP contribution >= 0.6 is 0 Å². The molecule has 0 unspecified atom stereocenters. The van der Waals surface area contributed by atoms with E-state index in [-0.39, 0.29) is 0 Å². The molecule has 0 amide bonds. The maximum atomic E-state index is 4.71. The Kier molecular flexibility index (Phi) is 5.05. The van der Waals surface area contributed by atoms with Crippen LogP contribution in [0.1, 0.15) is 12.0 Å². The molecule has 0 aliphatic carbocycles. The van der Waals surface area contributed by atoms with Gasteiger partial charge in [-0.05, 0) is 54.4 Å². The van der Waals surface area contributed by atoms with Gasteiger partial charge in [0.25, 0.3) is 0 Å². The maximum Gasteiger partial charge on any atom is 0.227 e. The Labute approximate surface area is 180 Å². The van der Waals surface area contributed by atoms with Crippen LogP contribution in [-0.4, -0.2) is 51.5 Å². The van der Waals surface area contributed by atoms with Crippen molar-refractivity contribution in [2.24, 2.45) is 0 Å². The number of nitrogens with one attached hydrogen (secondary N) is 2. The van der Waals surface area contributed by atoms with Gasteiger partial charge in [-0.1, -0.05) is 6.08 Å². The molecule has 0 bridgehead atoms. The molecule has 0 radical (unpaired) electrons. The van der Waals surface area contributed by atoms with Crippen molar-refractivity contribution >= 4 is 28.7 Å². The summed E-state index contributed by atoms with van der Waals surface area (Å²) in [4.78, 5) is 20.0. The van der Waals surface area contributed by atoms with Crippen molar-refractivity contribution < 1.29 is 0 Å². The minimum absolute atomic E-state index is 0.518. The zero-order chi connectivity index (χ0) is 21.2. The summed E-state index contributed by atoms with van der Waals surface area (Å²) in [6.07, 6.45) is 10.8. The molecule has 8 heteroatoms. The Morgan fingerprint density at radius 1 is 1.03 bits per heavy atom. The number of hydrogen-bond donors (Lipinski definition) is 2. The van der Waals surface area contributed by atoms with Gasteiger partial charge in [0.1, 0.15) is 11.5 Å². The van der Waals surface area contributed by atoms with Gasteiger partial charge < -0.3 is 15.5 Å². The van der Waals surface area contributed by atoms with E-state index in [9.17, 15) is 0 Å². The average Bonchev–Trinajstić information content (AvgIpc) is 3.23. The summed E-state index contributed by atoms with van der Waals surface area (Å²) >= 11 is 0. The molecule has 0 saturated carbocycles. The van der Waals surface area contributed by atoms with Gasteiger partial charge in [-0.3, -0.25) is 4.40 Å². The van der Waals surface area contributed by atoms with Crippen molar-refractivity contribution in [2.75, 3.05) is 37.4 Å². The van der Waals surface area contributed by atoms with Crippen LogP contribution in [0.5, 0.6) is 0 Å². The van der Waals surface area contributed by atoms with Gasteiger partial charge in [0.2, 0.25) is 5.95 Å². The first-order valence-corrected chi connectivity index (χ1v) is 10.3. The van der Waals surface area contributed by atoms with E-state index < -0.39 is 0 Å². The Balaban J connectivity index is 1.45. The summed E-state index contributed by atoms with van der Waals surface area (Å²) in [7, 11) is 3.93. The Bertz CT molecular complexity index is 1240. The van der Waals surface area contributed by atoms with Crippen LogP contribution in [0.3, 0.4) is 0 Å². The van der Waals surface area contributed by atoms with Crippen LogP contribution in [0.4, 0.5) is 17.5 Å². The summed E-state index contributed by atoms with van der Waals surface area (Å²) in [6.45, 7) is 1.92. The molecular weight excluding hydrogens is 388 g/mol. The van der Waals surface area contributed by atoms with Crippen molar-refractivity contribution in [3.63, 3.8) is 0 Å². The van der Waals surface area contributed by atoms with Crippen molar-refractivity contribution in [2.45, 2.75) is 6.42 Å². The highest BCUT2D eigenvalue weighted by Crippen LogP contribution is 2.25. The number of rotatable bonds is 5. The number of anilines is 3. The number of fused-ring (bicyclic) bond motifs is 1. The second kappa shape index (κ2) is 8.16. The smallest absolute Gasteiger partial charge is 0.227 e. The molecule has 2 N–H and O–H groups in total. The molecule has 0 atom stereocenters. The van der Waals surface area contributed by atoms with Gasteiger partial charge in [0.05, 0.1) is 29.5 Å². The first-order chi connectivity index (χ1) is 15.2. The zero-order valence-corrected chi connectivity index (χ0v) is 17.6. The van der Waals surface area contributed by atoms with E-state index in [1.165, 1.54) is 11.1 Å². The van der Waals surface area contributed by atoms with E-state index in [0.717, 1.165) is 48.1 Å². The topological polar surface area (TPSA) is 83.3 Å². The van der Waals surface area contributed by atoms with Gasteiger partial charge >= 0.3 is 0 Å². The predicted molar refractivity (Wildman–Crippen MR) is 124 cm³/mol. The highest BCUT2D eigenvalue weighted by atomic mass is 15.1. The standard InChI is InChI=1S/C23H24N8/c1-30(2)21-6-4-18(13-26-21)28-23-25-12-9-19(29-23)20-14-27-22-5-3-17(15-31(20)22)16-7-10-24-11-8-16/h3-7,9,12-15,24H,8,10-11H2,1-2H3,(H,25,28,29). The molecule has 156 valence electrons. The molecule has 31 heavy (non-hydrogen) atoms. The van der Waals surface area contributed by atoms with Crippen LogP contribution in [0.25, 0.3) is 22.6 Å². The first-order valence-electron chi connectivity index (χ1n) is 10.3. The second-order valence-corrected chi connectivity index (χ2v) is 7.66. The summed E-state index contributed by atoms with van der Waals surface area (Å²) in [6, 6.07) is 10.0. The highest BCUT2D eigenvalue weighted by Gasteiger charge is 2.12. The third kappa shape index (κ3) is 3.97. The quantitative estimate of drug-likeness (QED) is 0.520. The lowest BCUT2D eigenvalue weighted by Gasteiger charge is -2.14. The molecule has 5 heterocycles. The molecule has 4 aromatic rings. The van der Waals surface area contributed by atoms with E-state index >= 15 is 0 Å². The Morgan fingerprint density at radius 3 is 2.74 bits per heavy atom. The fourth-order valence-electron chi connectivity index (χ4n) is 3.66. The van der Waals surface area contributed by atoms with Crippen molar-refractivity contribution in [3.05, 3.63) is 66.8 Å². The third-order valence-corrected chi connectivity index (χ3v) is 5.32. The molecule has 1 aliphatic heterocycles. The van der Waals surface area contributed by atoms with Crippen molar-refractivity contribution in [3.8, 4) is 11.4 Å². The number of pyridine rings is 2. The van der Waals surface area contributed by atoms with E-state index in [4.69, 9.17) is 4.98 Å². The van der Waals surface area contributed by atoms with Crippen LogP contribution < -0.4 is 15.5 Å². The maximum absolute atomic E-state index is 4.71. The van der Waals surface area contributed by atoms with E-state index in [1.54, 1.807) is 12.4 Å². The van der Waals surface area contributed by atoms with Crippen molar-refractivity contribution in [1.29, 1.82) is 0 Å². The van der Waals surface area contributed by atoms with Crippen LogP contribution in [-0.2, 0) is 0 Å². The van der Waals surface area contributed by atoms with E-state index in [2.05, 4.69) is 54.4 Å². The predicted octanol–water partition coefficient (Wildman–Crippen LogP) is 3.37. The number of aromatic nitrogens is 5. The average molecular weight is 413 g/mol. The molecule has 1 aliphatic rings. The van der Waals surface area contributed by atoms with Crippen LogP contribution in [0.15, 0.2) is 61.2 Å². The minimum atomic E-state index is 0.518. The minimum Gasteiger partial charge on any atom is -0.363 e. The van der Waals surface area contributed by atoms with Crippen LogP contribution in [0, 0.1) is 0 Å². The summed E-state index contributed by atoms with van der Waals surface area (Å²) in [5.74, 6) is 1.41. The zero-order valence-electron chi connectivity index (χ0n) is 17.6. The van der Waals surface area contributed by atoms with Gasteiger partial charge in [0.15, 0.2) is 0 Å². The highest BCUT2D eigenvalue weighted by molar-refractivity contribution is 5.69. The summed E-state index contributed by atoms with van der Waals surface area (Å²) in [5.41, 5.74) is 6.04. The number of hydrogen-bond acceptors (Lipinski definition) is 7. The second-order valence-electron chi connectivity index (χ2n) is 7.66. The summed E-state index contributed by atoms with van der Waals surface area (Å²) in [5, 5.41) is 6.60. The molecule has 0 spiro atoms. The lowest BCUT2D eigenvalue weighted by atomic mass is 10.0. The van der Waals surface area contributed by atoms with Crippen LogP contribution in [0.2, 0.25) is 0 Å². The molecule has 0 fully saturated rings.